The maximum Gasteiger partial charge on any atom is 0.161 e. The Labute approximate surface area is 173 Å². The first-order valence-electron chi connectivity index (χ1n) is 10.8. The fourth-order valence-corrected chi connectivity index (χ4v) is 3.84. The summed E-state index contributed by atoms with van der Waals surface area (Å²) < 4.78 is 12.0. The molecule has 0 aliphatic heterocycles. The van der Waals surface area contributed by atoms with Crippen LogP contribution in [0.1, 0.15) is 83.5 Å². The summed E-state index contributed by atoms with van der Waals surface area (Å²) in [5, 5.41) is 25.5. The lowest BCUT2D eigenvalue weighted by Crippen LogP contribution is -2.20. The molecule has 0 unspecified atom stereocenters. The van der Waals surface area contributed by atoms with E-state index in [1.54, 1.807) is 6.07 Å². The van der Waals surface area contributed by atoms with Crippen LogP contribution in [0.4, 0.5) is 0 Å². The smallest absolute Gasteiger partial charge is 0.161 e. The Kier molecular flexibility index (Phi) is 7.34. The molecule has 7 heteroatoms. The van der Waals surface area contributed by atoms with Crippen molar-refractivity contribution < 1.29 is 14.6 Å². The lowest BCUT2D eigenvalue weighted by atomic mass is 9.86. The van der Waals surface area contributed by atoms with Gasteiger partial charge in [-0.2, -0.15) is 5.21 Å². The first-order valence-corrected chi connectivity index (χ1v) is 10.8. The number of phenols is 1. The van der Waals surface area contributed by atoms with Gasteiger partial charge in [-0.25, -0.2) is 0 Å². The van der Waals surface area contributed by atoms with E-state index in [9.17, 15) is 5.11 Å². The van der Waals surface area contributed by atoms with Gasteiger partial charge in [-0.05, 0) is 62.0 Å². The van der Waals surface area contributed by atoms with Gasteiger partial charge in [-0.15, -0.1) is 0 Å². The molecule has 3 rings (SSSR count). The van der Waals surface area contributed by atoms with Crippen LogP contribution in [-0.4, -0.2) is 33.3 Å². The largest absolute Gasteiger partial charge is 0.504 e. The number of ether oxygens (including phenoxy) is 2. The number of phenolic OH excluding ortho intramolecular Hbond substituents is 1. The molecule has 1 aromatic heterocycles. The predicted octanol–water partition coefficient (Wildman–Crippen LogP) is 4.34. The van der Waals surface area contributed by atoms with Crippen LogP contribution in [0.5, 0.6) is 17.2 Å². The summed E-state index contributed by atoms with van der Waals surface area (Å²) in [6.07, 6.45) is 9.68. The number of hydrogen-bond donors (Lipinski definition) is 1. The molecular weight excluding hydrogens is 368 g/mol. The van der Waals surface area contributed by atoms with Crippen molar-refractivity contribution in [3.8, 4) is 17.2 Å². The van der Waals surface area contributed by atoms with Gasteiger partial charge in [0.15, 0.2) is 11.5 Å². The molecule has 0 amide bonds. The predicted molar refractivity (Wildman–Crippen MR) is 111 cm³/mol. The van der Waals surface area contributed by atoms with Gasteiger partial charge in [0, 0.05) is 11.9 Å². The third-order valence-corrected chi connectivity index (χ3v) is 5.75. The van der Waals surface area contributed by atoms with E-state index >= 15 is 0 Å². The highest BCUT2D eigenvalue weighted by Crippen LogP contribution is 2.37. The Morgan fingerprint density at radius 3 is 2.62 bits per heavy atom. The summed E-state index contributed by atoms with van der Waals surface area (Å²) in [6.45, 7) is 6.96. The van der Waals surface area contributed by atoms with E-state index in [1.165, 1.54) is 12.8 Å². The molecule has 7 nitrogen and oxygen atoms in total. The third kappa shape index (κ3) is 5.84. The van der Waals surface area contributed by atoms with Crippen LogP contribution < -0.4 is 14.6 Å². The van der Waals surface area contributed by atoms with Crippen LogP contribution in [0.2, 0.25) is 0 Å². The molecule has 2 aromatic rings. The average Bonchev–Trinajstić information content (AvgIpc) is 3.40. The first kappa shape index (κ1) is 21.4. The van der Waals surface area contributed by atoms with Gasteiger partial charge in [-0.1, -0.05) is 33.6 Å². The maximum absolute atomic E-state index is 10.4. The zero-order chi connectivity index (χ0) is 20.7. The molecule has 29 heavy (non-hydrogen) atoms. The number of tetrazole rings is 1. The van der Waals surface area contributed by atoms with E-state index in [4.69, 9.17) is 9.47 Å². The standard InChI is InChI=1S/C22H33N4O3/c1-4-16-14-20(29-17-10-6-7-11-17)18(27)15-19(16)28-13-9-5-8-12-22(2,3)21-23-25-26-24-21/h14-15,17H,4-13H2,1-3H3,(H-,23,24,25,26,27)/q-1. The minimum atomic E-state index is -0.110. The van der Waals surface area contributed by atoms with Crippen LogP contribution in [-0.2, 0) is 11.8 Å². The number of hydrogen-bond acceptors (Lipinski definition) is 6. The van der Waals surface area contributed by atoms with Crippen LogP contribution in [0, 0.1) is 0 Å². The van der Waals surface area contributed by atoms with E-state index in [0.717, 1.165) is 56.3 Å². The Balaban J connectivity index is 1.44. The Morgan fingerprint density at radius 1 is 1.14 bits per heavy atom. The summed E-state index contributed by atoms with van der Waals surface area (Å²) in [6, 6.07) is 3.65. The number of unbranched alkanes of at least 4 members (excludes halogenated alkanes) is 2. The Hall–Kier alpha value is -2.31. The van der Waals surface area contributed by atoms with Gasteiger partial charge < -0.3 is 19.7 Å². The molecule has 1 aliphatic carbocycles. The molecule has 1 aromatic carbocycles. The molecule has 0 spiro atoms. The quantitative estimate of drug-likeness (QED) is 0.560. The van der Waals surface area contributed by atoms with Crippen LogP contribution in [0.15, 0.2) is 12.1 Å². The van der Waals surface area contributed by atoms with Crippen molar-refractivity contribution in [3.63, 3.8) is 0 Å². The van der Waals surface area contributed by atoms with Gasteiger partial charge in [0.05, 0.1) is 12.7 Å². The second-order valence-corrected chi connectivity index (χ2v) is 8.55. The van der Waals surface area contributed by atoms with Crippen LogP contribution >= 0.6 is 0 Å². The van der Waals surface area contributed by atoms with Gasteiger partial charge >= 0.3 is 0 Å². The van der Waals surface area contributed by atoms with E-state index in [1.807, 2.05) is 6.07 Å². The van der Waals surface area contributed by atoms with Crippen molar-refractivity contribution in [1.82, 2.24) is 20.6 Å². The molecule has 1 saturated carbocycles. The van der Waals surface area contributed by atoms with Crippen molar-refractivity contribution in [2.45, 2.75) is 90.1 Å². The molecule has 0 radical (unpaired) electrons. The maximum atomic E-state index is 10.4. The molecular formula is C22H33N4O3-. The highest BCUT2D eigenvalue weighted by Gasteiger charge is 2.20. The van der Waals surface area contributed by atoms with E-state index in [0.29, 0.717) is 18.2 Å². The second kappa shape index (κ2) is 9.94. The highest BCUT2D eigenvalue weighted by molar-refractivity contribution is 5.50. The van der Waals surface area contributed by atoms with Crippen LogP contribution in [0.3, 0.4) is 0 Å². The number of aromatic hydroxyl groups is 1. The molecule has 0 atom stereocenters. The third-order valence-electron chi connectivity index (χ3n) is 5.75. The molecule has 1 heterocycles. The van der Waals surface area contributed by atoms with E-state index < -0.39 is 0 Å². The highest BCUT2D eigenvalue weighted by atomic mass is 16.5. The van der Waals surface area contributed by atoms with Gasteiger partial charge in [0.1, 0.15) is 5.75 Å². The Bertz CT molecular complexity index is 756. The SMILES string of the molecule is CCc1cc(OC2CCCC2)c(O)cc1OCCCCCC(C)(C)c1nnn[n-]1. The molecule has 0 saturated heterocycles. The van der Waals surface area contributed by atoms with E-state index in [-0.39, 0.29) is 17.3 Å². The van der Waals surface area contributed by atoms with Gasteiger partial charge in [0.25, 0.3) is 0 Å². The Morgan fingerprint density at radius 2 is 1.93 bits per heavy atom. The first-order chi connectivity index (χ1) is 14.0. The van der Waals surface area contributed by atoms with Crippen LogP contribution in [0.25, 0.3) is 0 Å². The number of aryl methyl sites for hydroxylation is 1. The van der Waals surface area contributed by atoms with Gasteiger partial charge in [-0.3, -0.25) is 10.3 Å². The van der Waals surface area contributed by atoms with Gasteiger partial charge in [0.2, 0.25) is 0 Å². The number of rotatable bonds is 11. The minimum absolute atomic E-state index is 0.110. The van der Waals surface area contributed by atoms with Crippen molar-refractivity contribution in [3.05, 3.63) is 23.5 Å². The second-order valence-electron chi connectivity index (χ2n) is 8.55. The average molecular weight is 402 g/mol. The topological polar surface area (TPSA) is 91.5 Å². The van der Waals surface area contributed by atoms with Crippen molar-refractivity contribution >= 4 is 0 Å². The van der Waals surface area contributed by atoms with Crippen molar-refractivity contribution in [2.75, 3.05) is 6.61 Å². The summed E-state index contributed by atoms with van der Waals surface area (Å²) >= 11 is 0. The zero-order valence-electron chi connectivity index (χ0n) is 17.9. The number of nitrogens with zero attached hydrogens (tertiary/aromatic N) is 4. The molecule has 1 fully saturated rings. The fourth-order valence-electron chi connectivity index (χ4n) is 3.84. The lowest BCUT2D eigenvalue weighted by molar-refractivity contribution is 0.201. The molecule has 0 bridgehead atoms. The molecule has 1 aliphatic rings. The van der Waals surface area contributed by atoms with E-state index in [2.05, 4.69) is 41.4 Å². The van der Waals surface area contributed by atoms with Crippen molar-refractivity contribution in [2.24, 2.45) is 0 Å². The summed E-state index contributed by atoms with van der Waals surface area (Å²) in [4.78, 5) is 0. The number of benzene rings is 1. The minimum Gasteiger partial charge on any atom is -0.504 e. The summed E-state index contributed by atoms with van der Waals surface area (Å²) in [7, 11) is 0. The number of aromatic nitrogens is 4. The summed E-state index contributed by atoms with van der Waals surface area (Å²) in [5.74, 6) is 2.22. The molecule has 1 N–H and O–H groups in total. The fraction of sp³-hybridized carbons (Fsp3) is 0.682. The molecule has 160 valence electrons. The zero-order valence-corrected chi connectivity index (χ0v) is 17.9. The monoisotopic (exact) mass is 401 g/mol. The summed E-state index contributed by atoms with van der Waals surface area (Å²) in [5.41, 5.74) is 0.964. The van der Waals surface area contributed by atoms with Crippen molar-refractivity contribution in [1.29, 1.82) is 0 Å². The normalized spacial score (nSPS) is 15.0. The lowest BCUT2D eigenvalue weighted by Gasteiger charge is -2.24.